The summed E-state index contributed by atoms with van der Waals surface area (Å²) in [4.78, 5) is 0. The maximum atomic E-state index is 11.3. The van der Waals surface area contributed by atoms with Crippen LogP contribution in [0.15, 0.2) is 0 Å². The zero-order valence-electron chi connectivity index (χ0n) is 8.06. The van der Waals surface area contributed by atoms with Crippen molar-refractivity contribution in [2.24, 2.45) is 0 Å². The highest BCUT2D eigenvalue weighted by Crippen LogP contribution is 2.47. The summed E-state index contributed by atoms with van der Waals surface area (Å²) in [5, 5.41) is 8.47. The molecule has 0 bridgehead atoms. The third-order valence-electron chi connectivity index (χ3n) is 1.50. The largest absolute Gasteiger partial charge is 0.474 e. The second kappa shape index (κ2) is 7.47. The van der Waals surface area contributed by atoms with E-state index in [9.17, 15) is 4.57 Å². The molecule has 0 radical (unpaired) electrons. The van der Waals surface area contributed by atoms with E-state index >= 15 is 0 Å². The summed E-state index contributed by atoms with van der Waals surface area (Å²) in [6.07, 6.45) is 2.30. The number of hydrogen-bond donors (Lipinski definition) is 1. The van der Waals surface area contributed by atoms with Crippen molar-refractivity contribution in [2.45, 2.75) is 19.3 Å². The number of unbranched alkanes of at least 4 members (excludes halogenated alkanes) is 2. The van der Waals surface area contributed by atoms with E-state index in [1.54, 1.807) is 0 Å². The third kappa shape index (κ3) is 6.18. The summed E-state index contributed by atoms with van der Waals surface area (Å²) in [6, 6.07) is 0. The fourth-order valence-corrected chi connectivity index (χ4v) is 1.46. The topological polar surface area (TPSA) is 65.0 Å². The molecule has 5 nitrogen and oxygen atoms in total. The van der Waals surface area contributed by atoms with E-state index in [1.165, 1.54) is 14.2 Å². The predicted molar refractivity (Wildman–Crippen MR) is 48.5 cm³/mol. The lowest BCUT2D eigenvalue weighted by Gasteiger charge is -2.12. The summed E-state index contributed by atoms with van der Waals surface area (Å²) in [7, 11) is -0.741. The summed E-state index contributed by atoms with van der Waals surface area (Å²) in [5.74, 6) is 0. The molecule has 0 rings (SSSR count). The number of phosphoric acid groups is 1. The van der Waals surface area contributed by atoms with Gasteiger partial charge in [0.15, 0.2) is 0 Å². The quantitative estimate of drug-likeness (QED) is 0.488. The number of hydrogen-bond acceptors (Lipinski definition) is 5. The lowest BCUT2D eigenvalue weighted by molar-refractivity contribution is 0.149. The van der Waals surface area contributed by atoms with Gasteiger partial charge in [-0.2, -0.15) is 0 Å². The van der Waals surface area contributed by atoms with Crippen molar-refractivity contribution < 1.29 is 23.2 Å². The summed E-state index contributed by atoms with van der Waals surface area (Å²) in [6.45, 7) is 0.491. The molecule has 0 saturated carbocycles. The average molecular weight is 212 g/mol. The molecule has 0 aliphatic carbocycles. The van der Waals surface area contributed by atoms with Crippen LogP contribution in [0.5, 0.6) is 0 Å². The van der Waals surface area contributed by atoms with Gasteiger partial charge in [0.1, 0.15) is 0 Å². The first-order chi connectivity index (χ1) is 6.18. The molecule has 0 aromatic carbocycles. The highest BCUT2D eigenvalue weighted by Gasteiger charge is 2.21. The minimum absolute atomic E-state index is 0.173. The van der Waals surface area contributed by atoms with Gasteiger partial charge in [0, 0.05) is 20.8 Å². The maximum Gasteiger partial charge on any atom is 0.474 e. The van der Waals surface area contributed by atoms with Crippen LogP contribution in [0.25, 0.3) is 0 Å². The van der Waals surface area contributed by atoms with Crippen molar-refractivity contribution in [1.82, 2.24) is 0 Å². The normalized spacial score (nSPS) is 11.9. The van der Waals surface area contributed by atoms with E-state index in [-0.39, 0.29) is 6.61 Å². The van der Waals surface area contributed by atoms with E-state index in [0.29, 0.717) is 6.61 Å². The first-order valence-corrected chi connectivity index (χ1v) is 5.61. The number of phosphoric ester groups is 1. The van der Waals surface area contributed by atoms with Crippen LogP contribution in [-0.4, -0.2) is 32.5 Å². The molecular formula is C7H17O5P. The van der Waals surface area contributed by atoms with Crippen LogP contribution < -0.4 is 0 Å². The number of rotatable bonds is 8. The molecule has 0 unspecified atom stereocenters. The van der Waals surface area contributed by atoms with Crippen LogP contribution in [0.2, 0.25) is 0 Å². The smallest absolute Gasteiger partial charge is 0.396 e. The van der Waals surface area contributed by atoms with Crippen molar-refractivity contribution in [2.75, 3.05) is 27.4 Å². The Balaban J connectivity index is 3.45. The van der Waals surface area contributed by atoms with Gasteiger partial charge in [0.2, 0.25) is 0 Å². The second-order valence-electron chi connectivity index (χ2n) is 2.43. The Kier molecular flexibility index (Phi) is 7.51. The van der Waals surface area contributed by atoms with Crippen molar-refractivity contribution in [3.05, 3.63) is 0 Å². The van der Waals surface area contributed by atoms with Crippen LogP contribution in [0.1, 0.15) is 19.3 Å². The van der Waals surface area contributed by atoms with Gasteiger partial charge >= 0.3 is 7.82 Å². The lowest BCUT2D eigenvalue weighted by Crippen LogP contribution is -1.97. The van der Waals surface area contributed by atoms with Crippen LogP contribution in [0, 0.1) is 0 Å². The van der Waals surface area contributed by atoms with Crippen LogP contribution in [-0.2, 0) is 18.1 Å². The van der Waals surface area contributed by atoms with E-state index in [0.717, 1.165) is 19.3 Å². The molecule has 0 aliphatic rings. The van der Waals surface area contributed by atoms with E-state index in [4.69, 9.17) is 9.63 Å². The Hall–Kier alpha value is 0.0700. The van der Waals surface area contributed by atoms with Gasteiger partial charge in [-0.05, 0) is 19.3 Å². The molecule has 80 valence electrons. The van der Waals surface area contributed by atoms with Crippen LogP contribution in [0.3, 0.4) is 0 Å². The molecule has 0 fully saturated rings. The lowest BCUT2D eigenvalue weighted by atomic mass is 10.2. The van der Waals surface area contributed by atoms with E-state index in [2.05, 4.69) is 9.05 Å². The zero-order chi connectivity index (χ0) is 10.2. The van der Waals surface area contributed by atoms with Crippen LogP contribution in [0.4, 0.5) is 0 Å². The number of aliphatic hydroxyl groups excluding tert-OH is 1. The van der Waals surface area contributed by atoms with Gasteiger partial charge in [-0.15, -0.1) is 0 Å². The van der Waals surface area contributed by atoms with Gasteiger partial charge in [0.25, 0.3) is 0 Å². The van der Waals surface area contributed by atoms with Gasteiger partial charge in [-0.25, -0.2) is 4.57 Å². The van der Waals surface area contributed by atoms with E-state index < -0.39 is 7.82 Å². The molecule has 0 heterocycles. The summed E-state index contributed by atoms with van der Waals surface area (Å²) >= 11 is 0. The molecule has 0 aromatic rings. The Labute approximate surface area is 78.6 Å². The zero-order valence-corrected chi connectivity index (χ0v) is 8.96. The molecule has 0 spiro atoms. The highest BCUT2D eigenvalue weighted by atomic mass is 31.2. The van der Waals surface area contributed by atoms with Gasteiger partial charge in [-0.1, -0.05) is 0 Å². The monoisotopic (exact) mass is 212 g/mol. The van der Waals surface area contributed by atoms with Crippen molar-refractivity contribution in [1.29, 1.82) is 0 Å². The first-order valence-electron chi connectivity index (χ1n) is 4.15. The SMILES string of the molecule is COP(=O)(OC)OCCCCCO. The minimum atomic E-state index is -3.29. The van der Waals surface area contributed by atoms with Gasteiger partial charge < -0.3 is 5.11 Å². The fraction of sp³-hybridized carbons (Fsp3) is 1.00. The Bertz CT molecular complexity index is 153. The Morgan fingerprint density at radius 3 is 2.23 bits per heavy atom. The van der Waals surface area contributed by atoms with Crippen molar-refractivity contribution in [3.8, 4) is 0 Å². The molecule has 0 aromatic heterocycles. The first kappa shape index (κ1) is 13.1. The third-order valence-corrected chi connectivity index (χ3v) is 2.89. The predicted octanol–water partition coefficient (Wildman–Crippen LogP) is 1.57. The highest BCUT2D eigenvalue weighted by molar-refractivity contribution is 7.48. The standard InChI is InChI=1S/C7H17O5P/c1-10-13(9,11-2)12-7-5-3-4-6-8/h8H,3-7H2,1-2H3. The Morgan fingerprint density at radius 2 is 1.77 bits per heavy atom. The van der Waals surface area contributed by atoms with Gasteiger partial charge in [0.05, 0.1) is 6.61 Å². The fourth-order valence-electron chi connectivity index (χ4n) is 0.747. The Morgan fingerprint density at radius 1 is 1.15 bits per heavy atom. The maximum absolute atomic E-state index is 11.3. The molecule has 1 N–H and O–H groups in total. The van der Waals surface area contributed by atoms with Crippen molar-refractivity contribution >= 4 is 7.82 Å². The average Bonchev–Trinajstić information content (AvgIpc) is 2.17. The molecular weight excluding hydrogens is 195 g/mol. The second-order valence-corrected chi connectivity index (χ2v) is 4.31. The molecule has 0 atom stereocenters. The molecule has 0 saturated heterocycles. The van der Waals surface area contributed by atoms with Gasteiger partial charge in [-0.3, -0.25) is 13.6 Å². The molecule has 0 aliphatic heterocycles. The van der Waals surface area contributed by atoms with E-state index in [1.807, 2.05) is 0 Å². The van der Waals surface area contributed by atoms with Crippen molar-refractivity contribution in [3.63, 3.8) is 0 Å². The number of aliphatic hydroxyl groups is 1. The molecule has 6 heteroatoms. The minimum Gasteiger partial charge on any atom is -0.396 e. The summed E-state index contributed by atoms with van der Waals surface area (Å²) in [5.41, 5.74) is 0. The molecule has 0 amide bonds. The van der Waals surface area contributed by atoms with Crippen LogP contribution >= 0.6 is 7.82 Å². The molecule has 13 heavy (non-hydrogen) atoms. The summed E-state index contributed by atoms with van der Waals surface area (Å²) < 4.78 is 25.3.